The maximum absolute atomic E-state index is 5.95. The van der Waals surface area contributed by atoms with Gasteiger partial charge in [0.25, 0.3) is 0 Å². The lowest BCUT2D eigenvalue weighted by Gasteiger charge is -2.39. The molecular weight excluding hydrogens is 300 g/mol. The predicted molar refractivity (Wildman–Crippen MR) is 81.8 cm³/mol. The fraction of sp³-hybridized carbons (Fsp3) is 0.667. The molecule has 0 aromatic carbocycles. The van der Waals surface area contributed by atoms with Crippen LogP contribution in [0.15, 0.2) is 10.0 Å². The lowest BCUT2D eigenvalue weighted by Crippen LogP contribution is -2.48. The summed E-state index contributed by atoms with van der Waals surface area (Å²) in [5.41, 5.74) is 3.06. The highest BCUT2D eigenvalue weighted by Crippen LogP contribution is 2.36. The van der Waals surface area contributed by atoms with Crippen LogP contribution in [0.1, 0.15) is 41.0 Å². The Kier molecular flexibility index (Phi) is 3.71. The molecule has 4 heterocycles. The smallest absolute Gasteiger partial charge is 0.231 e. The lowest BCUT2D eigenvalue weighted by atomic mass is 9.90. The first-order valence-corrected chi connectivity index (χ1v) is 8.63. The largest absolute Gasteiger partial charge is 0.377 e. The third kappa shape index (κ3) is 2.57. The van der Waals surface area contributed by atoms with E-state index in [4.69, 9.17) is 9.26 Å². The Labute approximate surface area is 133 Å². The van der Waals surface area contributed by atoms with E-state index in [-0.39, 0.29) is 12.0 Å². The molecule has 7 heteroatoms. The van der Waals surface area contributed by atoms with Crippen molar-refractivity contribution in [1.82, 2.24) is 20.0 Å². The van der Waals surface area contributed by atoms with Gasteiger partial charge in [0.05, 0.1) is 23.2 Å². The van der Waals surface area contributed by atoms with E-state index in [2.05, 4.69) is 26.9 Å². The normalized spacial score (nSPS) is 28.9. The molecule has 2 aromatic heterocycles. The highest BCUT2D eigenvalue weighted by atomic mass is 32.1. The molecule has 0 aliphatic carbocycles. The Bertz CT molecular complexity index is 656. The highest BCUT2D eigenvalue weighted by Gasteiger charge is 2.42. The van der Waals surface area contributed by atoms with E-state index < -0.39 is 0 Å². The maximum Gasteiger partial charge on any atom is 0.231 e. The molecule has 0 bridgehead atoms. The molecule has 3 atom stereocenters. The van der Waals surface area contributed by atoms with Crippen LogP contribution in [-0.4, -0.2) is 45.3 Å². The number of likely N-dealkylation sites (tertiary alicyclic amines) is 1. The molecule has 2 fully saturated rings. The van der Waals surface area contributed by atoms with Gasteiger partial charge in [-0.05, 0) is 26.7 Å². The summed E-state index contributed by atoms with van der Waals surface area (Å²) in [4.78, 5) is 12.7. The molecule has 0 saturated carbocycles. The molecule has 0 spiro atoms. The van der Waals surface area contributed by atoms with Gasteiger partial charge in [0.15, 0.2) is 5.82 Å². The standard InChI is InChI=1S/C15H20N4O2S/c1-9-14(22-8-16-9)7-19-6-11(15-17-10(2)18-21-15)5-13-12(19)3-4-20-13/h8,11-13H,3-7H2,1-2H3/t11-,12-,13-/m0/s1. The van der Waals surface area contributed by atoms with Crippen molar-refractivity contribution in [1.29, 1.82) is 0 Å². The molecule has 2 saturated heterocycles. The van der Waals surface area contributed by atoms with Crippen LogP contribution in [-0.2, 0) is 11.3 Å². The number of thiazole rings is 1. The SMILES string of the molecule is Cc1noc([C@H]2C[C@@H]3OCC[C@@H]3N(Cc3scnc3C)C2)n1. The number of aromatic nitrogens is 3. The van der Waals surface area contributed by atoms with Gasteiger partial charge < -0.3 is 9.26 Å². The van der Waals surface area contributed by atoms with Crippen molar-refractivity contribution in [3.63, 3.8) is 0 Å². The maximum atomic E-state index is 5.95. The summed E-state index contributed by atoms with van der Waals surface area (Å²) in [5.74, 6) is 1.71. The average molecular weight is 320 g/mol. The molecule has 2 aromatic rings. The van der Waals surface area contributed by atoms with Crippen molar-refractivity contribution in [2.24, 2.45) is 0 Å². The minimum Gasteiger partial charge on any atom is -0.377 e. The van der Waals surface area contributed by atoms with Gasteiger partial charge in [-0.2, -0.15) is 4.98 Å². The highest BCUT2D eigenvalue weighted by molar-refractivity contribution is 7.09. The van der Waals surface area contributed by atoms with Crippen LogP contribution in [0.5, 0.6) is 0 Å². The quantitative estimate of drug-likeness (QED) is 0.864. The number of nitrogens with zero attached hydrogens (tertiary/aromatic N) is 4. The Morgan fingerprint density at radius 2 is 2.32 bits per heavy atom. The summed E-state index contributed by atoms with van der Waals surface area (Å²) in [6, 6.07) is 0.502. The van der Waals surface area contributed by atoms with Crippen molar-refractivity contribution < 1.29 is 9.26 Å². The third-order valence-electron chi connectivity index (χ3n) is 4.70. The van der Waals surface area contributed by atoms with Crippen molar-refractivity contribution in [2.45, 2.75) is 51.3 Å². The summed E-state index contributed by atoms with van der Waals surface area (Å²) in [5, 5.41) is 3.94. The molecule has 22 heavy (non-hydrogen) atoms. The average Bonchev–Trinajstić information content (AvgIpc) is 3.21. The van der Waals surface area contributed by atoms with Crippen LogP contribution in [0.3, 0.4) is 0 Å². The van der Waals surface area contributed by atoms with Crippen LogP contribution in [0.2, 0.25) is 0 Å². The van der Waals surface area contributed by atoms with Gasteiger partial charge in [-0.3, -0.25) is 4.90 Å². The molecular formula is C15H20N4O2S. The topological polar surface area (TPSA) is 64.3 Å². The Morgan fingerprint density at radius 3 is 3.05 bits per heavy atom. The fourth-order valence-corrected chi connectivity index (χ4v) is 4.36. The van der Waals surface area contributed by atoms with E-state index in [1.54, 1.807) is 11.3 Å². The van der Waals surface area contributed by atoms with Gasteiger partial charge in [0.2, 0.25) is 5.89 Å². The van der Waals surface area contributed by atoms with Crippen LogP contribution in [0.25, 0.3) is 0 Å². The molecule has 118 valence electrons. The van der Waals surface area contributed by atoms with E-state index in [9.17, 15) is 0 Å². The fourth-order valence-electron chi connectivity index (χ4n) is 3.56. The summed E-state index contributed by atoms with van der Waals surface area (Å²) in [6.45, 7) is 6.68. The second-order valence-corrected chi connectivity index (χ2v) is 7.11. The minimum atomic E-state index is 0.258. The van der Waals surface area contributed by atoms with Crippen LogP contribution >= 0.6 is 11.3 Å². The van der Waals surface area contributed by atoms with Gasteiger partial charge in [0, 0.05) is 30.6 Å². The van der Waals surface area contributed by atoms with Crippen molar-refractivity contribution in [3.8, 4) is 0 Å². The van der Waals surface area contributed by atoms with Crippen molar-refractivity contribution in [2.75, 3.05) is 13.2 Å². The molecule has 0 amide bonds. The number of rotatable bonds is 3. The predicted octanol–water partition coefficient (Wildman–Crippen LogP) is 2.29. The molecule has 6 nitrogen and oxygen atoms in total. The van der Waals surface area contributed by atoms with Gasteiger partial charge in [0.1, 0.15) is 0 Å². The first-order chi connectivity index (χ1) is 10.7. The molecule has 2 aliphatic heterocycles. The number of fused-ring (bicyclic) bond motifs is 1. The van der Waals surface area contributed by atoms with Gasteiger partial charge >= 0.3 is 0 Å². The summed E-state index contributed by atoms with van der Waals surface area (Å²) in [6.07, 6.45) is 2.36. The van der Waals surface area contributed by atoms with Crippen LogP contribution in [0, 0.1) is 13.8 Å². The number of piperidine rings is 1. The molecule has 4 rings (SSSR count). The van der Waals surface area contributed by atoms with E-state index in [1.807, 2.05) is 12.4 Å². The van der Waals surface area contributed by atoms with Crippen LogP contribution < -0.4 is 0 Å². The lowest BCUT2D eigenvalue weighted by molar-refractivity contribution is 0.00878. The number of hydrogen-bond acceptors (Lipinski definition) is 7. The zero-order chi connectivity index (χ0) is 15.1. The molecule has 2 aliphatic rings. The zero-order valence-electron chi connectivity index (χ0n) is 12.9. The molecule has 0 N–H and O–H groups in total. The van der Waals surface area contributed by atoms with Crippen molar-refractivity contribution in [3.05, 3.63) is 27.8 Å². The van der Waals surface area contributed by atoms with Crippen LogP contribution in [0.4, 0.5) is 0 Å². The van der Waals surface area contributed by atoms with E-state index >= 15 is 0 Å². The zero-order valence-corrected chi connectivity index (χ0v) is 13.7. The monoisotopic (exact) mass is 320 g/mol. The number of aryl methyl sites for hydroxylation is 2. The Balaban J connectivity index is 1.57. The first-order valence-electron chi connectivity index (χ1n) is 7.75. The second-order valence-electron chi connectivity index (χ2n) is 6.17. The minimum absolute atomic E-state index is 0.258. The Hall–Kier alpha value is -1.31. The first kappa shape index (κ1) is 14.3. The summed E-state index contributed by atoms with van der Waals surface area (Å²) < 4.78 is 11.4. The second kappa shape index (κ2) is 5.72. The summed E-state index contributed by atoms with van der Waals surface area (Å²) >= 11 is 1.73. The van der Waals surface area contributed by atoms with Gasteiger partial charge in [-0.1, -0.05) is 5.16 Å². The third-order valence-corrected chi connectivity index (χ3v) is 5.62. The van der Waals surface area contributed by atoms with Gasteiger partial charge in [-0.25, -0.2) is 4.98 Å². The molecule has 0 unspecified atom stereocenters. The van der Waals surface area contributed by atoms with Crippen molar-refractivity contribution >= 4 is 11.3 Å². The molecule has 0 radical (unpaired) electrons. The van der Waals surface area contributed by atoms with E-state index in [0.717, 1.165) is 44.1 Å². The number of hydrogen-bond donors (Lipinski definition) is 0. The summed E-state index contributed by atoms with van der Waals surface area (Å²) in [7, 11) is 0. The van der Waals surface area contributed by atoms with Gasteiger partial charge in [-0.15, -0.1) is 11.3 Å². The van der Waals surface area contributed by atoms with E-state index in [0.29, 0.717) is 11.9 Å². The van der Waals surface area contributed by atoms with E-state index in [1.165, 1.54) is 4.88 Å². The number of ether oxygens (including phenoxy) is 1. The Morgan fingerprint density at radius 1 is 1.41 bits per heavy atom.